The highest BCUT2D eigenvalue weighted by Gasteiger charge is 2.25. The molecule has 1 rings (SSSR count). The number of nitrogen functional groups attached to an aromatic ring is 1. The molecule has 0 bridgehead atoms. The summed E-state index contributed by atoms with van der Waals surface area (Å²) in [4.78, 5) is 23.6. The van der Waals surface area contributed by atoms with Gasteiger partial charge in [0, 0.05) is 12.1 Å². The predicted octanol–water partition coefficient (Wildman–Crippen LogP) is 2.86. The number of nitrogens with one attached hydrogen (secondary N) is 1. The van der Waals surface area contributed by atoms with Crippen molar-refractivity contribution in [1.82, 2.24) is 5.32 Å². The molecule has 0 saturated heterocycles. The number of amides is 1. The number of hydrogen-bond donors (Lipinski definition) is 2. The topological polar surface area (TPSA) is 90.6 Å². The van der Waals surface area contributed by atoms with Crippen molar-refractivity contribution in [3.05, 3.63) is 29.6 Å². The Labute approximate surface area is 153 Å². The maximum absolute atomic E-state index is 13.0. The normalized spacial score (nSPS) is 11.4. The first-order valence-corrected chi connectivity index (χ1v) is 6.73. The van der Waals surface area contributed by atoms with Crippen molar-refractivity contribution in [3.8, 4) is 0 Å². The molecule has 0 aliphatic carbocycles. The van der Waals surface area contributed by atoms with E-state index in [-0.39, 0.29) is 36.9 Å². The number of methoxy groups -OCH3 is 1. The Morgan fingerprint density at radius 2 is 1.88 bits per heavy atom. The fourth-order valence-electron chi connectivity index (χ4n) is 1.76. The van der Waals surface area contributed by atoms with Crippen LogP contribution in [0.25, 0.3) is 0 Å². The van der Waals surface area contributed by atoms with Crippen LogP contribution in [-0.2, 0) is 20.7 Å². The van der Waals surface area contributed by atoms with E-state index in [1.807, 2.05) is 0 Å². The molecule has 0 fully saturated rings. The second-order valence-electron chi connectivity index (χ2n) is 5.77. The highest BCUT2D eigenvalue weighted by molar-refractivity contribution is 5.85. The average molecular weight is 385 g/mol. The number of carbonyl (C=O) groups excluding carboxylic acids is 2. The third-order valence-corrected chi connectivity index (χ3v) is 2.71. The lowest BCUT2D eigenvalue weighted by molar-refractivity contribution is -0.143. The first-order valence-electron chi connectivity index (χ1n) is 6.73. The van der Waals surface area contributed by atoms with Gasteiger partial charge in [-0.2, -0.15) is 0 Å². The van der Waals surface area contributed by atoms with Gasteiger partial charge in [0.05, 0.1) is 7.11 Å². The van der Waals surface area contributed by atoms with Crippen LogP contribution in [0.2, 0.25) is 0 Å². The number of anilines is 1. The van der Waals surface area contributed by atoms with Crippen LogP contribution in [0, 0.1) is 5.82 Å². The smallest absolute Gasteiger partial charge is 0.408 e. The Hall–Kier alpha value is -1.73. The van der Waals surface area contributed by atoms with Crippen molar-refractivity contribution < 1.29 is 23.5 Å². The van der Waals surface area contributed by atoms with Crippen LogP contribution < -0.4 is 11.1 Å². The van der Waals surface area contributed by atoms with E-state index in [0.717, 1.165) is 6.07 Å². The van der Waals surface area contributed by atoms with Crippen LogP contribution in [-0.4, -0.2) is 30.8 Å². The summed E-state index contributed by atoms with van der Waals surface area (Å²) in [5.41, 5.74) is 5.73. The summed E-state index contributed by atoms with van der Waals surface area (Å²) in [5, 5.41) is 2.43. The second-order valence-corrected chi connectivity index (χ2v) is 5.77. The fraction of sp³-hybridized carbons (Fsp3) is 0.467. The quantitative estimate of drug-likeness (QED) is 0.615. The van der Waals surface area contributed by atoms with Gasteiger partial charge in [0.1, 0.15) is 17.5 Å². The number of carbonyl (C=O) groups is 2. The number of halogens is 3. The van der Waals surface area contributed by atoms with Gasteiger partial charge in [0.25, 0.3) is 0 Å². The Balaban J connectivity index is 0. The Kier molecular flexibility index (Phi) is 10.4. The van der Waals surface area contributed by atoms with Crippen LogP contribution in [0.15, 0.2) is 18.2 Å². The van der Waals surface area contributed by atoms with Crippen LogP contribution in [0.4, 0.5) is 14.9 Å². The number of ether oxygens (including phenoxy) is 2. The molecule has 6 nitrogen and oxygen atoms in total. The van der Waals surface area contributed by atoms with Gasteiger partial charge in [0.2, 0.25) is 0 Å². The van der Waals surface area contributed by atoms with E-state index in [0.29, 0.717) is 5.56 Å². The van der Waals surface area contributed by atoms with Gasteiger partial charge < -0.3 is 20.5 Å². The van der Waals surface area contributed by atoms with Crippen molar-refractivity contribution in [1.29, 1.82) is 0 Å². The van der Waals surface area contributed by atoms with Crippen molar-refractivity contribution in [2.24, 2.45) is 0 Å². The summed E-state index contributed by atoms with van der Waals surface area (Å²) in [5.74, 6) is -1.12. The minimum absolute atomic E-state index is 0. The van der Waals surface area contributed by atoms with Crippen LogP contribution in [0.5, 0.6) is 0 Å². The fourth-order valence-corrected chi connectivity index (χ4v) is 1.76. The number of esters is 1. The summed E-state index contributed by atoms with van der Waals surface area (Å²) in [6.07, 6.45) is -0.679. The maximum Gasteiger partial charge on any atom is 0.408 e. The molecule has 0 radical (unpaired) electrons. The number of hydrogen-bond acceptors (Lipinski definition) is 5. The molecular formula is C15H23Cl2FN2O4. The highest BCUT2D eigenvalue weighted by atomic mass is 35.5. The Morgan fingerprint density at radius 1 is 1.29 bits per heavy atom. The van der Waals surface area contributed by atoms with Gasteiger partial charge in [-0.3, -0.25) is 0 Å². The molecule has 1 amide bonds. The minimum Gasteiger partial charge on any atom is -0.467 e. The molecule has 9 heteroatoms. The molecule has 0 aliphatic rings. The molecule has 0 unspecified atom stereocenters. The zero-order valence-corrected chi connectivity index (χ0v) is 15.6. The zero-order valence-electron chi connectivity index (χ0n) is 13.9. The summed E-state index contributed by atoms with van der Waals surface area (Å²) in [6.45, 7) is 5.12. The summed E-state index contributed by atoms with van der Waals surface area (Å²) < 4.78 is 22.8. The Morgan fingerprint density at radius 3 is 2.33 bits per heavy atom. The third-order valence-electron chi connectivity index (χ3n) is 2.71. The molecule has 0 aromatic heterocycles. The van der Waals surface area contributed by atoms with Crippen molar-refractivity contribution in [2.75, 3.05) is 12.8 Å². The van der Waals surface area contributed by atoms with Gasteiger partial charge >= 0.3 is 12.1 Å². The van der Waals surface area contributed by atoms with Crippen molar-refractivity contribution in [2.45, 2.75) is 38.8 Å². The average Bonchev–Trinajstić information content (AvgIpc) is 2.37. The van der Waals surface area contributed by atoms with E-state index in [9.17, 15) is 14.0 Å². The van der Waals surface area contributed by atoms with Crippen LogP contribution in [0.3, 0.4) is 0 Å². The van der Waals surface area contributed by atoms with Gasteiger partial charge in [-0.05, 0) is 38.5 Å². The van der Waals surface area contributed by atoms with E-state index < -0.39 is 29.5 Å². The first kappa shape index (κ1) is 24.5. The Bertz CT molecular complexity index is 565. The number of benzene rings is 1. The van der Waals surface area contributed by atoms with E-state index in [1.54, 1.807) is 20.8 Å². The molecule has 0 heterocycles. The lowest BCUT2D eigenvalue weighted by atomic mass is 10.0. The second kappa shape index (κ2) is 10.2. The predicted molar refractivity (Wildman–Crippen MR) is 94.2 cm³/mol. The molecule has 1 atom stereocenters. The molecule has 1 aromatic rings. The summed E-state index contributed by atoms with van der Waals surface area (Å²) >= 11 is 0. The highest BCUT2D eigenvalue weighted by Crippen LogP contribution is 2.16. The van der Waals surface area contributed by atoms with E-state index >= 15 is 0 Å². The molecule has 1 aromatic carbocycles. The lowest BCUT2D eigenvalue weighted by Gasteiger charge is -2.23. The van der Waals surface area contributed by atoms with Crippen LogP contribution >= 0.6 is 24.8 Å². The first-order chi connectivity index (χ1) is 10.1. The van der Waals surface area contributed by atoms with Crippen LogP contribution in [0.1, 0.15) is 26.3 Å². The van der Waals surface area contributed by atoms with Gasteiger partial charge in [-0.15, -0.1) is 24.8 Å². The minimum atomic E-state index is -0.979. The lowest BCUT2D eigenvalue weighted by Crippen LogP contribution is -2.45. The van der Waals surface area contributed by atoms with Gasteiger partial charge in [-0.25, -0.2) is 14.0 Å². The number of rotatable bonds is 4. The van der Waals surface area contributed by atoms with Gasteiger partial charge in [0.15, 0.2) is 0 Å². The van der Waals surface area contributed by atoms with Gasteiger partial charge in [-0.1, -0.05) is 6.07 Å². The third kappa shape index (κ3) is 8.21. The molecule has 138 valence electrons. The standard InChI is InChI=1S/C15H21FN2O4.2ClH/c1-15(2,3)22-14(20)18-12(13(19)21-4)7-9-5-6-10(16)8-11(9)17;;/h5-6,8,12H,7,17H2,1-4H3,(H,18,20);2*1H/t12-;;/m0../s1. The van der Waals surface area contributed by atoms with Crippen molar-refractivity contribution in [3.63, 3.8) is 0 Å². The molecule has 0 saturated carbocycles. The van der Waals surface area contributed by atoms with Crippen molar-refractivity contribution >= 4 is 42.6 Å². The van der Waals surface area contributed by atoms with E-state index in [2.05, 4.69) is 10.1 Å². The summed E-state index contributed by atoms with van der Waals surface area (Å²) in [7, 11) is 1.21. The SMILES string of the molecule is COC(=O)[C@H](Cc1ccc(F)cc1N)NC(=O)OC(C)(C)C.Cl.Cl. The number of nitrogens with two attached hydrogens (primary N) is 1. The largest absolute Gasteiger partial charge is 0.467 e. The van der Waals surface area contributed by atoms with E-state index in [4.69, 9.17) is 10.5 Å². The van der Waals surface area contributed by atoms with E-state index in [1.165, 1.54) is 19.2 Å². The maximum atomic E-state index is 13.0. The molecule has 3 N–H and O–H groups in total. The molecule has 0 aliphatic heterocycles. The molecule has 0 spiro atoms. The monoisotopic (exact) mass is 384 g/mol. The summed E-state index contributed by atoms with van der Waals surface area (Å²) in [6, 6.07) is 2.86. The number of alkyl carbamates (subject to hydrolysis) is 1. The molecular weight excluding hydrogens is 362 g/mol. The zero-order chi connectivity index (χ0) is 16.9. The molecule has 24 heavy (non-hydrogen) atoms.